The van der Waals surface area contributed by atoms with Gasteiger partial charge < -0.3 is 10.6 Å². The molecule has 0 aromatic heterocycles. The molecule has 112 valence electrons. The van der Waals surface area contributed by atoms with Crippen LogP contribution < -0.4 is 15.5 Å². The van der Waals surface area contributed by atoms with Crippen molar-refractivity contribution in [1.29, 1.82) is 0 Å². The fourth-order valence-electron chi connectivity index (χ4n) is 2.28. The highest BCUT2D eigenvalue weighted by atomic mass is 19.1. The minimum atomic E-state index is -0.655. The van der Waals surface area contributed by atoms with E-state index >= 15 is 0 Å². The van der Waals surface area contributed by atoms with Gasteiger partial charge in [0.05, 0.1) is 6.54 Å². The monoisotopic (exact) mass is 299 g/mol. The standard InChI is InChI=1S/C16H14FN3O2/c17-11-6-8-12(9-7-11)18-15(21)14-10-20(16(22)19-14)13-4-2-1-3-5-13/h1-9,14H,10H2,(H,18,21)(H,19,22). The van der Waals surface area contributed by atoms with Crippen LogP contribution in [-0.2, 0) is 4.79 Å². The van der Waals surface area contributed by atoms with Crippen molar-refractivity contribution in [2.75, 3.05) is 16.8 Å². The summed E-state index contributed by atoms with van der Waals surface area (Å²) in [6, 6.07) is 13.6. The van der Waals surface area contributed by atoms with E-state index in [9.17, 15) is 14.0 Å². The molecule has 1 fully saturated rings. The Morgan fingerprint density at radius 1 is 1.14 bits per heavy atom. The lowest BCUT2D eigenvalue weighted by molar-refractivity contribution is -0.117. The Labute approximate surface area is 126 Å². The second-order valence-corrected chi connectivity index (χ2v) is 4.94. The van der Waals surface area contributed by atoms with Gasteiger partial charge in [0, 0.05) is 11.4 Å². The van der Waals surface area contributed by atoms with Gasteiger partial charge in [0.25, 0.3) is 0 Å². The summed E-state index contributed by atoms with van der Waals surface area (Å²) in [6.45, 7) is 0.246. The first-order valence-electron chi connectivity index (χ1n) is 6.83. The number of para-hydroxylation sites is 1. The van der Waals surface area contributed by atoms with Crippen LogP contribution in [0.25, 0.3) is 0 Å². The van der Waals surface area contributed by atoms with E-state index in [4.69, 9.17) is 0 Å². The molecule has 0 bridgehead atoms. The Bertz CT molecular complexity index is 688. The van der Waals surface area contributed by atoms with Gasteiger partial charge in [0.1, 0.15) is 11.9 Å². The van der Waals surface area contributed by atoms with E-state index in [-0.39, 0.29) is 24.3 Å². The fourth-order valence-corrected chi connectivity index (χ4v) is 2.28. The summed E-state index contributed by atoms with van der Waals surface area (Å²) in [5.74, 6) is -0.708. The highest BCUT2D eigenvalue weighted by Gasteiger charge is 2.34. The Morgan fingerprint density at radius 2 is 1.82 bits per heavy atom. The molecule has 1 aliphatic rings. The first-order chi connectivity index (χ1) is 10.6. The van der Waals surface area contributed by atoms with Crippen molar-refractivity contribution >= 4 is 23.3 Å². The van der Waals surface area contributed by atoms with E-state index in [0.29, 0.717) is 5.69 Å². The summed E-state index contributed by atoms with van der Waals surface area (Å²) in [4.78, 5) is 25.7. The quantitative estimate of drug-likeness (QED) is 0.914. The number of hydrogen-bond donors (Lipinski definition) is 2. The molecule has 0 saturated carbocycles. The van der Waals surface area contributed by atoms with Crippen LogP contribution >= 0.6 is 0 Å². The Balaban J connectivity index is 1.67. The number of halogens is 1. The lowest BCUT2D eigenvalue weighted by Gasteiger charge is -2.14. The number of nitrogens with zero attached hydrogens (tertiary/aromatic N) is 1. The minimum Gasteiger partial charge on any atom is -0.324 e. The number of anilines is 2. The zero-order valence-corrected chi connectivity index (χ0v) is 11.6. The van der Waals surface area contributed by atoms with E-state index in [1.54, 1.807) is 12.1 Å². The molecule has 0 aliphatic carbocycles. The van der Waals surface area contributed by atoms with E-state index in [1.807, 2.05) is 18.2 Å². The molecule has 6 heteroatoms. The molecule has 2 N–H and O–H groups in total. The molecule has 0 radical (unpaired) electrons. The van der Waals surface area contributed by atoms with Gasteiger partial charge in [-0.15, -0.1) is 0 Å². The third-order valence-corrected chi connectivity index (χ3v) is 3.40. The third-order valence-electron chi connectivity index (χ3n) is 3.40. The maximum Gasteiger partial charge on any atom is 0.322 e. The van der Waals surface area contributed by atoms with Crippen LogP contribution in [0, 0.1) is 5.82 Å². The average Bonchev–Trinajstić information content (AvgIpc) is 2.92. The molecule has 1 saturated heterocycles. The second kappa shape index (κ2) is 5.85. The highest BCUT2D eigenvalue weighted by Crippen LogP contribution is 2.18. The first kappa shape index (κ1) is 14.1. The van der Waals surface area contributed by atoms with Crippen molar-refractivity contribution in [2.45, 2.75) is 6.04 Å². The smallest absolute Gasteiger partial charge is 0.322 e. The lowest BCUT2D eigenvalue weighted by atomic mass is 10.2. The van der Waals surface area contributed by atoms with Crippen LogP contribution in [0.1, 0.15) is 0 Å². The average molecular weight is 299 g/mol. The van der Waals surface area contributed by atoms with Crippen LogP contribution in [0.4, 0.5) is 20.6 Å². The summed E-state index contributed by atoms with van der Waals surface area (Å²) in [5.41, 5.74) is 1.22. The summed E-state index contributed by atoms with van der Waals surface area (Å²) in [5, 5.41) is 5.29. The molecule has 1 aliphatic heterocycles. The number of carbonyl (C=O) groups excluding carboxylic acids is 2. The number of rotatable bonds is 3. The number of carbonyl (C=O) groups is 2. The number of hydrogen-bond acceptors (Lipinski definition) is 2. The Morgan fingerprint density at radius 3 is 2.50 bits per heavy atom. The number of urea groups is 1. The molecule has 3 amide bonds. The highest BCUT2D eigenvalue weighted by molar-refractivity contribution is 6.04. The first-order valence-corrected chi connectivity index (χ1v) is 6.83. The molecule has 2 aromatic carbocycles. The van der Waals surface area contributed by atoms with Crippen molar-refractivity contribution < 1.29 is 14.0 Å². The van der Waals surface area contributed by atoms with Gasteiger partial charge in [0.2, 0.25) is 5.91 Å². The molecule has 2 aromatic rings. The molecular formula is C16H14FN3O2. The van der Waals surface area contributed by atoms with Crippen LogP contribution in [0.15, 0.2) is 54.6 Å². The predicted octanol–water partition coefficient (Wildman–Crippen LogP) is 2.36. The lowest BCUT2D eigenvalue weighted by Crippen LogP contribution is -2.38. The van der Waals surface area contributed by atoms with Gasteiger partial charge in [-0.2, -0.15) is 0 Å². The molecule has 22 heavy (non-hydrogen) atoms. The third kappa shape index (κ3) is 2.90. The van der Waals surface area contributed by atoms with Gasteiger partial charge >= 0.3 is 6.03 Å². The zero-order chi connectivity index (χ0) is 15.5. The van der Waals surface area contributed by atoms with Gasteiger partial charge in [0.15, 0.2) is 0 Å². The van der Waals surface area contributed by atoms with Gasteiger partial charge in [-0.25, -0.2) is 9.18 Å². The van der Waals surface area contributed by atoms with Crippen molar-refractivity contribution in [1.82, 2.24) is 5.32 Å². The van der Waals surface area contributed by atoms with Crippen molar-refractivity contribution in [3.63, 3.8) is 0 Å². The van der Waals surface area contributed by atoms with E-state index in [2.05, 4.69) is 10.6 Å². The number of nitrogens with one attached hydrogen (secondary N) is 2. The fraction of sp³-hybridized carbons (Fsp3) is 0.125. The number of amides is 3. The van der Waals surface area contributed by atoms with Gasteiger partial charge in [-0.1, -0.05) is 18.2 Å². The SMILES string of the molecule is O=C(Nc1ccc(F)cc1)C1CN(c2ccccc2)C(=O)N1. The molecule has 1 unspecified atom stereocenters. The van der Waals surface area contributed by atoms with Crippen molar-refractivity contribution in [3.8, 4) is 0 Å². The zero-order valence-electron chi connectivity index (χ0n) is 11.6. The normalized spacial score (nSPS) is 17.2. The Kier molecular flexibility index (Phi) is 3.74. The van der Waals surface area contributed by atoms with Gasteiger partial charge in [-0.05, 0) is 36.4 Å². The molecule has 1 atom stereocenters. The molecule has 5 nitrogen and oxygen atoms in total. The van der Waals surface area contributed by atoms with Crippen molar-refractivity contribution in [2.24, 2.45) is 0 Å². The van der Waals surface area contributed by atoms with Crippen LogP contribution in [0.3, 0.4) is 0 Å². The van der Waals surface area contributed by atoms with Crippen molar-refractivity contribution in [3.05, 3.63) is 60.4 Å². The summed E-state index contributed by atoms with van der Waals surface area (Å²) >= 11 is 0. The van der Waals surface area contributed by atoms with E-state index in [0.717, 1.165) is 5.69 Å². The van der Waals surface area contributed by atoms with Crippen LogP contribution in [-0.4, -0.2) is 24.5 Å². The number of benzene rings is 2. The molecule has 0 spiro atoms. The van der Waals surface area contributed by atoms with Crippen LogP contribution in [0.5, 0.6) is 0 Å². The predicted molar refractivity (Wildman–Crippen MR) is 81.1 cm³/mol. The molecular weight excluding hydrogens is 285 g/mol. The summed E-state index contributed by atoms with van der Waals surface area (Å²) in [7, 11) is 0. The maximum absolute atomic E-state index is 12.8. The minimum absolute atomic E-state index is 0.246. The maximum atomic E-state index is 12.8. The Hall–Kier alpha value is -2.89. The second-order valence-electron chi connectivity index (χ2n) is 4.94. The van der Waals surface area contributed by atoms with Crippen LogP contribution in [0.2, 0.25) is 0 Å². The van der Waals surface area contributed by atoms with Gasteiger partial charge in [-0.3, -0.25) is 9.69 Å². The van der Waals surface area contributed by atoms with E-state index < -0.39 is 6.04 Å². The largest absolute Gasteiger partial charge is 0.324 e. The molecule has 3 rings (SSSR count). The van der Waals surface area contributed by atoms with E-state index in [1.165, 1.54) is 29.2 Å². The summed E-state index contributed by atoms with van der Waals surface area (Å²) < 4.78 is 12.8. The summed E-state index contributed by atoms with van der Waals surface area (Å²) in [6.07, 6.45) is 0. The topological polar surface area (TPSA) is 61.4 Å². The molecule has 1 heterocycles.